The van der Waals surface area contributed by atoms with Crippen LogP contribution < -0.4 is 0 Å². The number of nitrogens with zero attached hydrogens (tertiary/aromatic N) is 8. The number of hydrogen-bond donors (Lipinski definition) is 0. The molecule has 18 aromatic carbocycles. The first-order chi connectivity index (χ1) is 57.5. The molecule has 8 heteroatoms. The number of benzene rings is 18. The molecule has 0 aliphatic carbocycles. The minimum absolute atomic E-state index is 0.692. The largest absolute Gasteiger partial charge is 0.309 e. The Morgan fingerprint density at radius 1 is 0.164 bits per heavy atom. The second-order valence-electron chi connectivity index (χ2n) is 30.0. The molecule has 6 aromatic heterocycles. The molecule has 24 rings (SSSR count). The fourth-order valence-corrected chi connectivity index (χ4v) is 18.1. The Morgan fingerprint density at radius 2 is 0.483 bits per heavy atom. The standard InChI is InChI=1S/2C54H34N4/c1-3-16-36(17-4-1)47-34-48(56-54(55-47)37-18-5-2-6-19-37)46-33-41(32-39-21-9-10-22-42(39)46)57-50-26-14-12-24-45(50)52-51(57)30-29-44-43-23-11-13-25-49(43)58(53(44)52)40-28-27-35-15-7-8-20-38(35)31-40;1-3-16-36(17-4-1)47-34-48(37-18-5-2-6-19-37)56-54(55-47)46-33-41(32-39-21-9-10-22-42(39)46)57-50-26-14-12-24-45(50)52-51(57)30-29-44-43-23-11-13-25-49(43)58(53(44)52)40-28-27-35-15-7-8-20-38(35)31-40/h2*1-34H. The van der Waals surface area contributed by atoms with Crippen molar-refractivity contribution in [2.24, 2.45) is 0 Å². The summed E-state index contributed by atoms with van der Waals surface area (Å²) in [5.74, 6) is 1.39. The molecule has 0 amide bonds. The highest BCUT2D eigenvalue weighted by Crippen LogP contribution is 2.47. The maximum atomic E-state index is 5.30. The first kappa shape index (κ1) is 66.2. The van der Waals surface area contributed by atoms with E-state index in [2.05, 4.69) is 394 Å². The lowest BCUT2D eigenvalue weighted by Gasteiger charge is -2.15. The molecule has 0 radical (unpaired) electrons. The predicted octanol–water partition coefficient (Wildman–Crippen LogP) is 28.0. The SMILES string of the molecule is c1ccc(-c2cc(-c3cc(-n4c5ccccc5c5c4ccc4c6ccccc6n(-c6ccc7ccccc7c6)c45)cc4ccccc34)nc(-c3ccccc3)n2)cc1.c1ccc(-c2cc(-c3ccccc3)nc(-c3cc(-n4c5ccccc5c5c4ccc4c6ccccc6n(-c6ccc7ccccc7c6)c45)cc4ccccc34)n2)cc1. The summed E-state index contributed by atoms with van der Waals surface area (Å²) in [7, 11) is 0. The number of hydrogen-bond acceptors (Lipinski definition) is 4. The van der Waals surface area contributed by atoms with Crippen LogP contribution in [0.2, 0.25) is 0 Å². The van der Waals surface area contributed by atoms with Gasteiger partial charge in [0.1, 0.15) is 0 Å². The van der Waals surface area contributed by atoms with Crippen molar-refractivity contribution in [1.82, 2.24) is 38.2 Å². The lowest BCUT2D eigenvalue weighted by molar-refractivity contribution is 1.16. The van der Waals surface area contributed by atoms with E-state index in [1.54, 1.807) is 0 Å². The van der Waals surface area contributed by atoms with E-state index in [4.69, 9.17) is 19.9 Å². The lowest BCUT2D eigenvalue weighted by atomic mass is 9.99. The highest BCUT2D eigenvalue weighted by Gasteiger charge is 2.26. The molecule has 540 valence electrons. The second kappa shape index (κ2) is 27.1. The summed E-state index contributed by atoms with van der Waals surface area (Å²) >= 11 is 0. The molecular formula is C108H68N8. The summed E-state index contributed by atoms with van der Waals surface area (Å²) in [6.07, 6.45) is 0. The molecule has 0 saturated heterocycles. The van der Waals surface area contributed by atoms with E-state index >= 15 is 0 Å². The van der Waals surface area contributed by atoms with E-state index < -0.39 is 0 Å². The third-order valence-electron chi connectivity index (χ3n) is 23.3. The van der Waals surface area contributed by atoms with Crippen LogP contribution in [0.4, 0.5) is 0 Å². The van der Waals surface area contributed by atoms with Crippen molar-refractivity contribution in [2.45, 2.75) is 0 Å². The van der Waals surface area contributed by atoms with Crippen molar-refractivity contribution in [3.8, 4) is 90.6 Å². The van der Waals surface area contributed by atoms with Gasteiger partial charge in [0.2, 0.25) is 0 Å². The van der Waals surface area contributed by atoms with Crippen molar-refractivity contribution in [1.29, 1.82) is 0 Å². The van der Waals surface area contributed by atoms with Crippen LogP contribution >= 0.6 is 0 Å². The van der Waals surface area contributed by atoms with Crippen LogP contribution in [0.15, 0.2) is 413 Å². The smallest absolute Gasteiger partial charge is 0.161 e. The molecule has 116 heavy (non-hydrogen) atoms. The Hall–Kier alpha value is -15.6. The average Bonchev–Trinajstić information content (AvgIpc) is 1.55. The van der Waals surface area contributed by atoms with Crippen LogP contribution in [-0.2, 0) is 0 Å². The van der Waals surface area contributed by atoms with Gasteiger partial charge in [-0.25, -0.2) is 19.9 Å². The van der Waals surface area contributed by atoms with E-state index in [1.807, 2.05) is 36.4 Å². The Labute approximate surface area is 667 Å². The molecular weight excluding hydrogens is 1410 g/mol. The molecule has 0 aliphatic rings. The molecule has 24 aromatic rings. The second-order valence-corrected chi connectivity index (χ2v) is 30.0. The Bertz CT molecular complexity index is 7480. The number of fused-ring (bicyclic) bond motifs is 18. The third kappa shape index (κ3) is 10.9. The van der Waals surface area contributed by atoms with Crippen LogP contribution in [0.3, 0.4) is 0 Å². The maximum Gasteiger partial charge on any atom is 0.161 e. The van der Waals surface area contributed by atoms with Gasteiger partial charge in [-0.1, -0.05) is 315 Å². The molecule has 0 fully saturated rings. The summed E-state index contributed by atoms with van der Waals surface area (Å²) in [6, 6.07) is 148. The minimum Gasteiger partial charge on any atom is -0.309 e. The number of rotatable bonds is 10. The van der Waals surface area contributed by atoms with Crippen LogP contribution in [0.25, 0.3) is 221 Å². The van der Waals surface area contributed by atoms with Gasteiger partial charge in [-0.2, -0.15) is 0 Å². The van der Waals surface area contributed by atoms with E-state index in [-0.39, 0.29) is 0 Å². The van der Waals surface area contributed by atoms with Crippen LogP contribution in [0.1, 0.15) is 0 Å². The van der Waals surface area contributed by atoms with Gasteiger partial charge < -0.3 is 18.3 Å². The van der Waals surface area contributed by atoms with Gasteiger partial charge in [-0.05, 0) is 140 Å². The van der Waals surface area contributed by atoms with Gasteiger partial charge in [0.05, 0.1) is 66.9 Å². The summed E-state index contributed by atoms with van der Waals surface area (Å²) < 4.78 is 9.82. The summed E-state index contributed by atoms with van der Waals surface area (Å²) in [5, 5.41) is 19.2. The quantitative estimate of drug-likeness (QED) is 0.137. The fourth-order valence-electron chi connectivity index (χ4n) is 18.1. The van der Waals surface area contributed by atoms with Crippen molar-refractivity contribution in [3.05, 3.63) is 413 Å². The van der Waals surface area contributed by atoms with E-state index in [9.17, 15) is 0 Å². The highest BCUT2D eigenvalue weighted by atomic mass is 15.0. The third-order valence-corrected chi connectivity index (χ3v) is 23.3. The molecule has 8 nitrogen and oxygen atoms in total. The highest BCUT2D eigenvalue weighted by molar-refractivity contribution is 6.28. The van der Waals surface area contributed by atoms with E-state index in [1.165, 1.54) is 86.7 Å². The Kier molecular flexibility index (Phi) is 15.5. The molecule has 0 atom stereocenters. The van der Waals surface area contributed by atoms with Gasteiger partial charge in [-0.3, -0.25) is 0 Å². The summed E-state index contributed by atoms with van der Waals surface area (Å²) in [6.45, 7) is 0. The zero-order chi connectivity index (χ0) is 76.3. The molecule has 0 bridgehead atoms. The minimum atomic E-state index is 0.692. The van der Waals surface area contributed by atoms with Crippen molar-refractivity contribution in [3.63, 3.8) is 0 Å². The maximum absolute atomic E-state index is 5.30. The molecule has 6 heterocycles. The Morgan fingerprint density at radius 3 is 0.931 bits per heavy atom. The van der Waals surface area contributed by atoms with Crippen LogP contribution in [0, 0.1) is 0 Å². The van der Waals surface area contributed by atoms with E-state index in [0.717, 1.165) is 123 Å². The number of aromatic nitrogens is 8. The van der Waals surface area contributed by atoms with Gasteiger partial charge >= 0.3 is 0 Å². The summed E-state index contributed by atoms with van der Waals surface area (Å²) in [5.41, 5.74) is 23.5. The zero-order valence-corrected chi connectivity index (χ0v) is 62.8. The normalized spacial score (nSPS) is 11.8. The monoisotopic (exact) mass is 1480 g/mol. The number of para-hydroxylation sites is 4. The fraction of sp³-hybridized carbons (Fsp3) is 0. The topological polar surface area (TPSA) is 71.3 Å². The predicted molar refractivity (Wildman–Crippen MR) is 484 cm³/mol. The lowest BCUT2D eigenvalue weighted by Crippen LogP contribution is -1.99. The zero-order valence-electron chi connectivity index (χ0n) is 62.8. The van der Waals surface area contributed by atoms with Gasteiger partial charge in [-0.15, -0.1) is 0 Å². The first-order valence-corrected chi connectivity index (χ1v) is 39.5. The molecule has 0 unspecified atom stereocenters. The molecule has 0 N–H and O–H groups in total. The van der Waals surface area contributed by atoms with Gasteiger partial charge in [0, 0.05) is 99.2 Å². The van der Waals surface area contributed by atoms with Crippen molar-refractivity contribution in [2.75, 3.05) is 0 Å². The van der Waals surface area contributed by atoms with Crippen LogP contribution in [-0.4, -0.2) is 38.2 Å². The summed E-state index contributed by atoms with van der Waals surface area (Å²) in [4.78, 5) is 21.0. The van der Waals surface area contributed by atoms with E-state index in [0.29, 0.717) is 11.6 Å². The first-order valence-electron chi connectivity index (χ1n) is 39.5. The van der Waals surface area contributed by atoms with Gasteiger partial charge in [0.25, 0.3) is 0 Å². The van der Waals surface area contributed by atoms with Gasteiger partial charge in [0.15, 0.2) is 11.6 Å². The molecule has 0 saturated carbocycles. The van der Waals surface area contributed by atoms with Crippen molar-refractivity contribution < 1.29 is 0 Å². The van der Waals surface area contributed by atoms with Crippen molar-refractivity contribution >= 4 is 130 Å². The molecule has 0 aliphatic heterocycles. The Balaban J connectivity index is 0.000000137. The van der Waals surface area contributed by atoms with Crippen LogP contribution in [0.5, 0.6) is 0 Å². The molecule has 0 spiro atoms. The average molecular weight is 1480 g/mol.